The van der Waals surface area contributed by atoms with E-state index >= 15 is 0 Å². The maximum absolute atomic E-state index is 4.61. The molecule has 0 aliphatic carbocycles. The van der Waals surface area contributed by atoms with E-state index in [2.05, 4.69) is 76.6 Å². The molecule has 0 atom stereocenters. The van der Waals surface area contributed by atoms with Crippen LogP contribution in [0.4, 0.5) is 0 Å². The summed E-state index contributed by atoms with van der Waals surface area (Å²) in [5.41, 5.74) is 5.39. The SMILES string of the molecule is CN=C(NCCN1CCc2ccccc2C1)N(C)Cc1cn(C)nc1C(C)C.I. The summed E-state index contributed by atoms with van der Waals surface area (Å²) in [5, 5.41) is 8.14. The van der Waals surface area contributed by atoms with Crippen molar-refractivity contribution in [3.05, 3.63) is 52.8 Å². The Morgan fingerprint density at radius 2 is 2.00 bits per heavy atom. The minimum Gasteiger partial charge on any atom is -0.355 e. The van der Waals surface area contributed by atoms with E-state index in [0.717, 1.165) is 50.8 Å². The molecule has 2 heterocycles. The van der Waals surface area contributed by atoms with Gasteiger partial charge in [-0.05, 0) is 23.5 Å². The van der Waals surface area contributed by atoms with E-state index in [0.29, 0.717) is 5.92 Å². The second-order valence-corrected chi connectivity index (χ2v) is 7.99. The second-order valence-electron chi connectivity index (χ2n) is 7.99. The lowest BCUT2D eigenvalue weighted by Gasteiger charge is -2.29. The molecule has 0 saturated carbocycles. The topological polar surface area (TPSA) is 48.7 Å². The Morgan fingerprint density at radius 3 is 2.69 bits per heavy atom. The minimum atomic E-state index is 0. The zero-order valence-electron chi connectivity index (χ0n) is 18.4. The van der Waals surface area contributed by atoms with Crippen molar-refractivity contribution in [3.63, 3.8) is 0 Å². The molecule has 1 N–H and O–H groups in total. The van der Waals surface area contributed by atoms with Gasteiger partial charge < -0.3 is 10.2 Å². The number of aliphatic imine (C=N–C) groups is 1. The number of hydrogen-bond donors (Lipinski definition) is 1. The number of nitrogens with zero attached hydrogens (tertiary/aromatic N) is 5. The highest BCUT2D eigenvalue weighted by atomic mass is 127. The third-order valence-corrected chi connectivity index (χ3v) is 5.39. The van der Waals surface area contributed by atoms with Crippen LogP contribution in [0.25, 0.3) is 0 Å². The molecular weight excluding hydrogens is 475 g/mol. The highest BCUT2D eigenvalue weighted by Crippen LogP contribution is 2.19. The number of rotatable bonds is 6. The molecule has 6 nitrogen and oxygen atoms in total. The lowest BCUT2D eigenvalue weighted by molar-refractivity contribution is 0.257. The number of nitrogens with one attached hydrogen (secondary N) is 1. The summed E-state index contributed by atoms with van der Waals surface area (Å²) in [7, 11) is 5.92. The van der Waals surface area contributed by atoms with Crippen molar-refractivity contribution < 1.29 is 0 Å². The van der Waals surface area contributed by atoms with E-state index in [1.807, 2.05) is 18.8 Å². The van der Waals surface area contributed by atoms with Crippen LogP contribution in [0.1, 0.15) is 42.1 Å². The van der Waals surface area contributed by atoms with Gasteiger partial charge in [-0.25, -0.2) is 0 Å². The summed E-state index contributed by atoms with van der Waals surface area (Å²) in [6.07, 6.45) is 3.26. The van der Waals surface area contributed by atoms with Gasteiger partial charge in [0.1, 0.15) is 0 Å². The second kappa shape index (κ2) is 11.0. The maximum atomic E-state index is 4.61. The molecule has 0 radical (unpaired) electrons. The van der Waals surface area contributed by atoms with Gasteiger partial charge in [-0.15, -0.1) is 24.0 Å². The van der Waals surface area contributed by atoms with Crippen LogP contribution in [-0.2, 0) is 26.6 Å². The summed E-state index contributed by atoms with van der Waals surface area (Å²) in [5.74, 6) is 1.34. The zero-order chi connectivity index (χ0) is 20.1. The van der Waals surface area contributed by atoms with Gasteiger partial charge >= 0.3 is 0 Å². The normalized spacial score (nSPS) is 14.5. The molecule has 29 heavy (non-hydrogen) atoms. The van der Waals surface area contributed by atoms with Crippen molar-refractivity contribution in [2.45, 2.75) is 39.3 Å². The Hall–Kier alpha value is -1.61. The van der Waals surface area contributed by atoms with Gasteiger partial charge in [0.05, 0.1) is 5.69 Å². The number of benzene rings is 1. The van der Waals surface area contributed by atoms with E-state index in [-0.39, 0.29) is 24.0 Å². The number of halogens is 1. The fraction of sp³-hybridized carbons (Fsp3) is 0.545. The highest BCUT2D eigenvalue weighted by Gasteiger charge is 2.17. The van der Waals surface area contributed by atoms with Crippen molar-refractivity contribution in [1.82, 2.24) is 24.9 Å². The molecular formula is C22H35IN6. The van der Waals surface area contributed by atoms with Gasteiger partial charge in [0, 0.05) is 65.6 Å². The molecule has 1 aliphatic rings. The van der Waals surface area contributed by atoms with Crippen LogP contribution in [0.5, 0.6) is 0 Å². The van der Waals surface area contributed by atoms with Crippen LogP contribution in [0.2, 0.25) is 0 Å². The van der Waals surface area contributed by atoms with Crippen LogP contribution in [0, 0.1) is 0 Å². The Morgan fingerprint density at radius 1 is 1.28 bits per heavy atom. The predicted octanol–water partition coefficient (Wildman–Crippen LogP) is 3.23. The van der Waals surface area contributed by atoms with E-state index in [4.69, 9.17) is 0 Å². The van der Waals surface area contributed by atoms with E-state index < -0.39 is 0 Å². The average molecular weight is 510 g/mol. The lowest BCUT2D eigenvalue weighted by atomic mass is 10.00. The molecule has 1 aromatic heterocycles. The molecule has 0 spiro atoms. The van der Waals surface area contributed by atoms with Crippen molar-refractivity contribution in [2.75, 3.05) is 33.7 Å². The first kappa shape index (κ1) is 23.7. The fourth-order valence-corrected chi connectivity index (χ4v) is 3.95. The third-order valence-electron chi connectivity index (χ3n) is 5.39. The molecule has 3 rings (SSSR count). The monoisotopic (exact) mass is 510 g/mol. The summed E-state index contributed by atoms with van der Waals surface area (Å²) in [6.45, 7) is 9.26. The smallest absolute Gasteiger partial charge is 0.193 e. The highest BCUT2D eigenvalue weighted by molar-refractivity contribution is 14.0. The molecule has 0 unspecified atom stereocenters. The standard InChI is InChI=1S/C22H34N6.HI/c1-17(2)21-20(15-27(5)25-21)14-26(4)22(23-3)24-11-13-28-12-10-18-8-6-7-9-19(18)16-28;/h6-9,15,17H,10-14,16H2,1-5H3,(H,23,24);1H. The van der Waals surface area contributed by atoms with Gasteiger partial charge in [-0.2, -0.15) is 5.10 Å². The van der Waals surface area contributed by atoms with Crippen LogP contribution < -0.4 is 5.32 Å². The van der Waals surface area contributed by atoms with E-state index in [9.17, 15) is 0 Å². The van der Waals surface area contributed by atoms with Crippen molar-refractivity contribution in [3.8, 4) is 0 Å². The van der Waals surface area contributed by atoms with Gasteiger partial charge in [0.25, 0.3) is 0 Å². The van der Waals surface area contributed by atoms with Crippen LogP contribution in [0.3, 0.4) is 0 Å². The minimum absolute atomic E-state index is 0. The first-order valence-electron chi connectivity index (χ1n) is 10.2. The lowest BCUT2D eigenvalue weighted by Crippen LogP contribution is -2.43. The van der Waals surface area contributed by atoms with E-state index in [1.165, 1.54) is 16.7 Å². The third kappa shape index (κ3) is 6.18. The number of aromatic nitrogens is 2. The Bertz CT molecular complexity index is 813. The van der Waals surface area contributed by atoms with Gasteiger partial charge in [-0.1, -0.05) is 38.1 Å². The molecule has 0 fully saturated rings. The quantitative estimate of drug-likeness (QED) is 0.369. The van der Waals surface area contributed by atoms with Gasteiger partial charge in [0.15, 0.2) is 5.96 Å². The molecule has 1 aliphatic heterocycles. The number of guanidine groups is 1. The van der Waals surface area contributed by atoms with Crippen LogP contribution >= 0.6 is 24.0 Å². The van der Waals surface area contributed by atoms with Gasteiger partial charge in [0.2, 0.25) is 0 Å². The van der Waals surface area contributed by atoms with Gasteiger partial charge in [-0.3, -0.25) is 14.6 Å². The molecule has 2 aromatic rings. The largest absolute Gasteiger partial charge is 0.355 e. The fourth-order valence-electron chi connectivity index (χ4n) is 3.95. The summed E-state index contributed by atoms with van der Waals surface area (Å²) >= 11 is 0. The molecule has 1 aromatic carbocycles. The Kier molecular flexibility index (Phi) is 8.95. The molecule has 0 bridgehead atoms. The summed E-state index contributed by atoms with van der Waals surface area (Å²) in [4.78, 5) is 9.16. The molecule has 7 heteroatoms. The number of aryl methyl sites for hydroxylation is 1. The molecule has 160 valence electrons. The molecule has 0 amide bonds. The maximum Gasteiger partial charge on any atom is 0.193 e. The average Bonchev–Trinajstić information content (AvgIpc) is 3.05. The number of fused-ring (bicyclic) bond motifs is 1. The number of hydrogen-bond acceptors (Lipinski definition) is 3. The zero-order valence-corrected chi connectivity index (χ0v) is 20.7. The first-order chi connectivity index (χ1) is 13.5. The Labute approximate surface area is 192 Å². The van der Waals surface area contributed by atoms with E-state index in [1.54, 1.807) is 0 Å². The van der Waals surface area contributed by atoms with Crippen LogP contribution in [0.15, 0.2) is 35.5 Å². The Balaban J connectivity index is 0.00000300. The van der Waals surface area contributed by atoms with Crippen LogP contribution in [-0.4, -0.2) is 59.3 Å². The summed E-state index contributed by atoms with van der Waals surface area (Å²) in [6, 6.07) is 8.79. The van der Waals surface area contributed by atoms with Crippen molar-refractivity contribution in [2.24, 2.45) is 12.0 Å². The van der Waals surface area contributed by atoms with Crippen molar-refractivity contribution >= 4 is 29.9 Å². The van der Waals surface area contributed by atoms with Crippen molar-refractivity contribution in [1.29, 1.82) is 0 Å². The summed E-state index contributed by atoms with van der Waals surface area (Å²) < 4.78 is 1.91. The first-order valence-corrected chi connectivity index (χ1v) is 10.2. The predicted molar refractivity (Wildman–Crippen MR) is 131 cm³/mol. The molecule has 0 saturated heterocycles.